The zero-order chi connectivity index (χ0) is 21.0. The maximum atomic E-state index is 11.2. The first kappa shape index (κ1) is 21.6. The Hall–Kier alpha value is -2.09. The van der Waals surface area contributed by atoms with Gasteiger partial charge in [-0.15, -0.1) is 0 Å². The number of nitrogens with zero attached hydrogens (tertiary/aromatic N) is 3. The first-order valence-corrected chi connectivity index (χ1v) is 10.6. The fourth-order valence-electron chi connectivity index (χ4n) is 2.99. The van der Waals surface area contributed by atoms with Crippen LogP contribution in [0.1, 0.15) is 19.4 Å². The Balaban J connectivity index is 1.97. The lowest BCUT2D eigenvalue weighted by atomic mass is 9.97. The lowest BCUT2D eigenvalue weighted by molar-refractivity contribution is -0.559. The van der Waals surface area contributed by atoms with Gasteiger partial charge in [0.2, 0.25) is 0 Å². The van der Waals surface area contributed by atoms with Crippen molar-refractivity contribution in [3.63, 3.8) is 0 Å². The molecule has 1 aromatic carbocycles. The van der Waals surface area contributed by atoms with Crippen LogP contribution in [0.15, 0.2) is 52.7 Å². The summed E-state index contributed by atoms with van der Waals surface area (Å²) in [6, 6.07) is 9.46. The van der Waals surface area contributed by atoms with E-state index in [1.165, 1.54) is 0 Å². The monoisotopic (exact) mass is 451 g/mol. The van der Waals surface area contributed by atoms with Crippen molar-refractivity contribution >= 4 is 51.8 Å². The van der Waals surface area contributed by atoms with Gasteiger partial charge in [-0.2, -0.15) is 0 Å². The summed E-state index contributed by atoms with van der Waals surface area (Å²) in [5.41, 5.74) is 7.02. The molecule has 1 amide bonds. The Kier molecular flexibility index (Phi) is 7.16. The predicted molar refractivity (Wildman–Crippen MR) is 117 cm³/mol. The summed E-state index contributed by atoms with van der Waals surface area (Å²) in [4.78, 5) is 16.2. The summed E-state index contributed by atoms with van der Waals surface area (Å²) < 4.78 is 7.01. The molecule has 29 heavy (non-hydrogen) atoms. The Labute approximate surface area is 183 Å². The minimum absolute atomic E-state index is 0.0364. The molecule has 9 heteroatoms. The highest BCUT2D eigenvalue weighted by Crippen LogP contribution is 2.33. The van der Waals surface area contributed by atoms with Crippen molar-refractivity contribution in [2.24, 2.45) is 16.8 Å². The summed E-state index contributed by atoms with van der Waals surface area (Å²) in [5.74, 6) is -0.0816. The lowest BCUT2D eigenvalue weighted by Gasteiger charge is -2.12. The van der Waals surface area contributed by atoms with Crippen molar-refractivity contribution in [1.29, 1.82) is 0 Å². The second-order valence-corrected chi connectivity index (χ2v) is 8.76. The fourth-order valence-corrected chi connectivity index (χ4v) is 4.97. The van der Waals surface area contributed by atoms with Gasteiger partial charge in [-0.3, -0.25) is 4.98 Å². The molecule has 6 nitrogen and oxygen atoms in total. The summed E-state index contributed by atoms with van der Waals surface area (Å²) in [6.45, 7) is 4.14. The number of thioether (sulfide) groups is 1. The minimum atomic E-state index is -0.825. The normalized spacial score (nSPS) is 16.3. The SMILES string of the molecule is CC(C)[N+]1=C(Sc2cc(Cl)cc(Cl)c2)C(Cc2ccncc2)C(COC(N)=O)=N1. The van der Waals surface area contributed by atoms with E-state index in [1.807, 2.05) is 28.9 Å². The molecule has 1 atom stereocenters. The van der Waals surface area contributed by atoms with Crippen LogP contribution >= 0.6 is 35.0 Å². The van der Waals surface area contributed by atoms with E-state index >= 15 is 0 Å². The number of primary amides is 1. The number of carbonyl (C=O) groups excluding carboxylic acids is 1. The van der Waals surface area contributed by atoms with Crippen molar-refractivity contribution in [3.8, 4) is 0 Å². The Morgan fingerprint density at radius 3 is 2.48 bits per heavy atom. The predicted octanol–water partition coefficient (Wildman–Crippen LogP) is 4.62. The van der Waals surface area contributed by atoms with Gasteiger partial charge in [-0.05, 0) is 73.0 Å². The van der Waals surface area contributed by atoms with E-state index in [4.69, 9.17) is 38.8 Å². The number of nitrogens with two attached hydrogens (primary N) is 1. The van der Waals surface area contributed by atoms with Gasteiger partial charge in [0.1, 0.15) is 18.2 Å². The summed E-state index contributed by atoms with van der Waals surface area (Å²) in [6.07, 6.45) is 3.37. The van der Waals surface area contributed by atoms with Crippen LogP contribution in [0.25, 0.3) is 0 Å². The number of amides is 1. The zero-order valence-corrected chi connectivity index (χ0v) is 18.3. The van der Waals surface area contributed by atoms with Gasteiger partial charge in [0.15, 0.2) is 6.04 Å². The molecule has 2 aromatic rings. The number of pyridine rings is 1. The third-order valence-corrected chi connectivity index (χ3v) is 5.85. The average molecular weight is 452 g/mol. The van der Waals surface area contributed by atoms with Gasteiger partial charge in [0, 0.05) is 27.3 Å². The second-order valence-electron chi connectivity index (χ2n) is 6.79. The highest BCUT2D eigenvalue weighted by atomic mass is 35.5. The van der Waals surface area contributed by atoms with Crippen LogP contribution in [0.3, 0.4) is 0 Å². The molecule has 1 aliphatic heterocycles. The second kappa shape index (κ2) is 9.61. The quantitative estimate of drug-likeness (QED) is 0.649. The summed E-state index contributed by atoms with van der Waals surface area (Å²) in [5, 5.41) is 6.89. The number of hydrogen-bond donors (Lipinski definition) is 1. The molecular formula is C20H21Cl2N4O2S+. The molecule has 0 fully saturated rings. The van der Waals surface area contributed by atoms with E-state index < -0.39 is 6.09 Å². The van der Waals surface area contributed by atoms with Crippen molar-refractivity contribution < 1.29 is 14.2 Å². The van der Waals surface area contributed by atoms with Gasteiger partial charge in [-0.25, -0.2) is 4.79 Å². The number of hydrazone groups is 1. The molecule has 2 heterocycles. The van der Waals surface area contributed by atoms with Crippen molar-refractivity contribution in [1.82, 2.24) is 4.98 Å². The number of ether oxygens (including phenoxy) is 1. The van der Waals surface area contributed by atoms with Gasteiger partial charge in [0.25, 0.3) is 5.04 Å². The average Bonchev–Trinajstić information content (AvgIpc) is 2.97. The fraction of sp³-hybridized carbons (Fsp3) is 0.300. The third-order valence-electron chi connectivity index (χ3n) is 4.26. The standard InChI is InChI=1S/C20H20Cl2N4O2S/c1-12(2)26-19(29-16-9-14(21)8-15(22)10-16)17(7-13-3-5-24-6-4-13)18(25-26)11-28-20(23)27/h3-6,8-10,12,17H,7,11H2,1-2H3,(H-,23,27)/p+1. The highest BCUT2D eigenvalue weighted by Gasteiger charge is 2.40. The van der Waals surface area contributed by atoms with Crippen LogP contribution < -0.4 is 5.73 Å². The number of halogens is 2. The summed E-state index contributed by atoms with van der Waals surface area (Å²) in [7, 11) is 0. The number of benzene rings is 1. The summed E-state index contributed by atoms with van der Waals surface area (Å²) >= 11 is 13.9. The van der Waals surface area contributed by atoms with Gasteiger partial charge >= 0.3 is 6.09 Å². The third kappa shape index (κ3) is 5.72. The molecule has 0 radical (unpaired) electrons. The molecular weight excluding hydrogens is 431 g/mol. The molecule has 1 aliphatic rings. The first-order valence-electron chi connectivity index (χ1n) is 9.02. The first-order chi connectivity index (χ1) is 13.8. The highest BCUT2D eigenvalue weighted by molar-refractivity contribution is 8.13. The molecule has 0 saturated carbocycles. The van der Waals surface area contributed by atoms with Crippen LogP contribution in [0.5, 0.6) is 0 Å². The topological polar surface area (TPSA) is 80.6 Å². The molecule has 0 aliphatic carbocycles. The maximum absolute atomic E-state index is 11.2. The van der Waals surface area contributed by atoms with Crippen molar-refractivity contribution in [2.45, 2.75) is 31.2 Å². The van der Waals surface area contributed by atoms with Crippen LogP contribution in [0.2, 0.25) is 10.0 Å². The van der Waals surface area contributed by atoms with Crippen LogP contribution in [-0.4, -0.2) is 39.2 Å². The molecule has 0 saturated heterocycles. The molecule has 3 rings (SSSR count). The molecule has 152 valence electrons. The van der Waals surface area contributed by atoms with E-state index in [0.717, 1.165) is 21.2 Å². The van der Waals surface area contributed by atoms with Gasteiger partial charge in [0.05, 0.1) is 0 Å². The van der Waals surface area contributed by atoms with Crippen LogP contribution in [-0.2, 0) is 11.2 Å². The zero-order valence-electron chi connectivity index (χ0n) is 16.0. The molecule has 2 N–H and O–H groups in total. The Morgan fingerprint density at radius 1 is 1.24 bits per heavy atom. The van der Waals surface area contributed by atoms with Gasteiger partial charge in [-0.1, -0.05) is 27.9 Å². The van der Waals surface area contributed by atoms with E-state index in [2.05, 4.69) is 18.8 Å². The molecule has 0 spiro atoms. The largest absolute Gasteiger partial charge is 0.443 e. The lowest BCUT2D eigenvalue weighted by Crippen LogP contribution is -2.28. The molecule has 1 aromatic heterocycles. The van der Waals surface area contributed by atoms with Crippen LogP contribution in [0, 0.1) is 5.92 Å². The van der Waals surface area contributed by atoms with E-state index in [-0.39, 0.29) is 18.6 Å². The maximum Gasteiger partial charge on any atom is 0.404 e. The van der Waals surface area contributed by atoms with E-state index in [1.54, 1.807) is 30.2 Å². The van der Waals surface area contributed by atoms with Crippen molar-refractivity contribution in [3.05, 3.63) is 58.3 Å². The van der Waals surface area contributed by atoms with E-state index in [0.29, 0.717) is 16.5 Å². The Bertz CT molecular complexity index is 944. The minimum Gasteiger partial charge on any atom is -0.443 e. The van der Waals surface area contributed by atoms with Crippen molar-refractivity contribution in [2.75, 3.05) is 6.61 Å². The molecule has 0 bridgehead atoms. The smallest absolute Gasteiger partial charge is 0.404 e. The van der Waals surface area contributed by atoms with Gasteiger partial charge < -0.3 is 10.5 Å². The number of carbonyl (C=O) groups is 1. The van der Waals surface area contributed by atoms with E-state index in [9.17, 15) is 4.79 Å². The number of aromatic nitrogens is 1. The molecule has 1 unspecified atom stereocenters. The number of rotatable bonds is 6. The Morgan fingerprint density at radius 2 is 1.90 bits per heavy atom. The van der Waals surface area contributed by atoms with Crippen LogP contribution in [0.4, 0.5) is 4.79 Å². The number of hydrogen-bond acceptors (Lipinski definition) is 5.